The molecular weight excluding hydrogens is 697 g/mol. The maximum Gasteiger partial charge on any atom is 0.329 e. The van der Waals surface area contributed by atoms with Crippen LogP contribution in [0.2, 0.25) is 0 Å². The third-order valence-corrected chi connectivity index (χ3v) is 9.60. The first kappa shape index (κ1) is 40.4. The summed E-state index contributed by atoms with van der Waals surface area (Å²) in [5.41, 5.74) is 2.85. The van der Waals surface area contributed by atoms with Crippen molar-refractivity contribution in [2.24, 2.45) is 11.8 Å². The zero-order valence-electron chi connectivity index (χ0n) is 32.5. The van der Waals surface area contributed by atoms with E-state index in [1.807, 2.05) is 113 Å². The van der Waals surface area contributed by atoms with Crippen molar-refractivity contribution in [3.63, 3.8) is 0 Å². The molecule has 0 unspecified atom stereocenters. The second-order valence-electron chi connectivity index (χ2n) is 15.2. The second kappa shape index (κ2) is 18.5. The molecule has 2 aromatic heterocycles. The molecule has 2 heterocycles. The highest BCUT2D eigenvalue weighted by molar-refractivity contribution is 5.95. The summed E-state index contributed by atoms with van der Waals surface area (Å²) in [6, 6.07) is 23.5. The molecule has 3 aromatic carbocycles. The van der Waals surface area contributed by atoms with E-state index in [4.69, 9.17) is 9.15 Å². The number of aryl methyl sites for hydroxylation is 2. The largest absolute Gasteiger partial charge is 0.464 e. The third-order valence-electron chi connectivity index (χ3n) is 9.60. The summed E-state index contributed by atoms with van der Waals surface area (Å²) in [5, 5.41) is 18.3. The highest BCUT2D eigenvalue weighted by Crippen LogP contribution is 2.24. The van der Waals surface area contributed by atoms with Crippen molar-refractivity contribution >= 4 is 34.7 Å². The van der Waals surface area contributed by atoms with Gasteiger partial charge in [-0.05, 0) is 55.7 Å². The number of carbonyl (C=O) groups excluding carboxylic acids is 4. The van der Waals surface area contributed by atoms with Crippen LogP contribution in [-0.2, 0) is 55.3 Å². The fraction of sp³-hybridized carbons (Fsp3) is 0.395. The van der Waals surface area contributed by atoms with E-state index in [9.17, 15) is 19.2 Å². The molecule has 0 radical (unpaired) electrons. The van der Waals surface area contributed by atoms with Gasteiger partial charge in [-0.15, -0.1) is 5.10 Å². The number of aromatic nitrogens is 3. The number of amides is 3. The number of para-hydroxylation sites is 1. The van der Waals surface area contributed by atoms with Crippen LogP contribution in [-0.4, -0.2) is 56.8 Å². The lowest BCUT2D eigenvalue weighted by Gasteiger charge is -2.29. The highest BCUT2D eigenvalue weighted by atomic mass is 16.5. The minimum atomic E-state index is -1.13. The Labute approximate surface area is 322 Å². The van der Waals surface area contributed by atoms with E-state index in [1.54, 1.807) is 31.0 Å². The lowest BCUT2D eigenvalue weighted by molar-refractivity contribution is -0.149. The van der Waals surface area contributed by atoms with Gasteiger partial charge in [-0.1, -0.05) is 112 Å². The molecule has 0 saturated carbocycles. The van der Waals surface area contributed by atoms with Gasteiger partial charge in [-0.2, -0.15) is 0 Å². The van der Waals surface area contributed by atoms with Crippen molar-refractivity contribution in [2.75, 3.05) is 0 Å². The Hall–Kier alpha value is -5.78. The Balaban J connectivity index is 1.24. The van der Waals surface area contributed by atoms with Gasteiger partial charge in [0.25, 0.3) is 0 Å². The molecule has 3 N–H and O–H groups in total. The number of carbonyl (C=O) groups is 4. The number of hydrogen-bond acceptors (Lipinski definition) is 8. The predicted octanol–water partition coefficient (Wildman–Crippen LogP) is 5.69. The molecule has 12 heteroatoms. The van der Waals surface area contributed by atoms with Crippen molar-refractivity contribution in [2.45, 2.75) is 97.5 Å². The monoisotopic (exact) mass is 748 g/mol. The Bertz CT molecular complexity index is 2040. The quantitative estimate of drug-likeness (QED) is 0.0966. The van der Waals surface area contributed by atoms with E-state index in [1.165, 1.54) is 0 Å². The van der Waals surface area contributed by atoms with E-state index >= 15 is 0 Å². The van der Waals surface area contributed by atoms with Gasteiger partial charge in [-0.3, -0.25) is 19.1 Å². The third kappa shape index (κ3) is 10.9. The van der Waals surface area contributed by atoms with Crippen molar-refractivity contribution in [1.82, 2.24) is 30.9 Å². The van der Waals surface area contributed by atoms with Crippen LogP contribution < -0.4 is 16.0 Å². The van der Waals surface area contributed by atoms with Crippen LogP contribution >= 0.6 is 0 Å². The minimum Gasteiger partial charge on any atom is -0.464 e. The standard InChI is InChI=1S/C43H52N6O6/c1-28(2)23-34(45-42(53)43(5,6)37-25-49(48-47-37)22-21-32-27-54-36-20-14-13-19-33(32)36)39(50)46-38(29(3)4)40(51)44-35(24-30-15-9-7-10-16-30)41(52)55-26-31-17-11-8-12-18-31/h7-20,25,27-29,34-35,38H,21-24,26H2,1-6H3,(H,44,51)(H,45,53)(H,46,50)/t34-,35-,38-/m0/s1. The molecule has 3 atom stereocenters. The maximum atomic E-state index is 13.9. The van der Waals surface area contributed by atoms with Gasteiger partial charge in [0.1, 0.15) is 30.3 Å². The van der Waals surface area contributed by atoms with Gasteiger partial charge in [-0.25, -0.2) is 4.79 Å². The molecule has 0 spiro atoms. The zero-order valence-corrected chi connectivity index (χ0v) is 32.5. The van der Waals surface area contributed by atoms with Crippen LogP contribution in [0, 0.1) is 11.8 Å². The van der Waals surface area contributed by atoms with Crippen LogP contribution in [0.5, 0.6) is 0 Å². The topological polar surface area (TPSA) is 157 Å². The molecule has 0 aliphatic carbocycles. The SMILES string of the molecule is CC(C)C[C@H](NC(=O)C(C)(C)c1cn(CCc2coc3ccccc23)nn1)C(=O)N[C@H](C(=O)N[C@@H](Cc1ccccc1)C(=O)OCc1ccccc1)C(C)C. The first-order chi connectivity index (χ1) is 26.3. The Morgan fingerprint density at radius 2 is 1.45 bits per heavy atom. The summed E-state index contributed by atoms with van der Waals surface area (Å²) in [7, 11) is 0. The number of furan rings is 1. The Kier molecular flexibility index (Phi) is 13.6. The molecule has 0 fully saturated rings. The highest BCUT2D eigenvalue weighted by Gasteiger charge is 2.37. The summed E-state index contributed by atoms with van der Waals surface area (Å²) in [5.74, 6) is -2.33. The minimum absolute atomic E-state index is 0.0417. The number of ether oxygens (including phenoxy) is 1. The molecule has 0 aliphatic heterocycles. The first-order valence-electron chi connectivity index (χ1n) is 18.8. The van der Waals surface area contributed by atoms with Crippen molar-refractivity contribution in [3.8, 4) is 0 Å². The van der Waals surface area contributed by atoms with Gasteiger partial charge in [0.05, 0.1) is 17.4 Å². The van der Waals surface area contributed by atoms with Crippen LogP contribution in [0.15, 0.2) is 102 Å². The number of esters is 1. The second-order valence-corrected chi connectivity index (χ2v) is 15.2. The van der Waals surface area contributed by atoms with E-state index < -0.39 is 47.2 Å². The van der Waals surface area contributed by atoms with Gasteiger partial charge in [0.2, 0.25) is 17.7 Å². The number of nitrogens with zero attached hydrogens (tertiary/aromatic N) is 3. The Morgan fingerprint density at radius 3 is 2.13 bits per heavy atom. The van der Waals surface area contributed by atoms with Crippen LogP contribution in [0.1, 0.15) is 70.3 Å². The molecule has 12 nitrogen and oxygen atoms in total. The molecule has 5 aromatic rings. The van der Waals surface area contributed by atoms with Crippen molar-refractivity contribution in [3.05, 3.63) is 120 Å². The maximum absolute atomic E-state index is 13.9. The summed E-state index contributed by atoms with van der Waals surface area (Å²) >= 11 is 0. The van der Waals surface area contributed by atoms with Gasteiger partial charge in [0, 0.05) is 30.1 Å². The van der Waals surface area contributed by atoms with Crippen LogP contribution in [0.25, 0.3) is 11.0 Å². The summed E-state index contributed by atoms with van der Waals surface area (Å²) in [6.45, 7) is 11.6. The van der Waals surface area contributed by atoms with Gasteiger partial charge < -0.3 is 25.1 Å². The normalized spacial score (nSPS) is 13.3. The lowest BCUT2D eigenvalue weighted by atomic mass is 9.88. The Morgan fingerprint density at radius 1 is 0.800 bits per heavy atom. The van der Waals surface area contributed by atoms with E-state index in [0.717, 1.165) is 27.7 Å². The number of nitrogens with one attached hydrogen (secondary N) is 3. The molecule has 0 bridgehead atoms. The molecule has 5 rings (SSSR count). The molecule has 55 heavy (non-hydrogen) atoms. The van der Waals surface area contributed by atoms with Crippen molar-refractivity contribution in [1.29, 1.82) is 0 Å². The van der Waals surface area contributed by atoms with E-state index in [0.29, 0.717) is 25.1 Å². The van der Waals surface area contributed by atoms with E-state index in [2.05, 4.69) is 26.3 Å². The first-order valence-corrected chi connectivity index (χ1v) is 18.8. The van der Waals surface area contributed by atoms with Gasteiger partial charge >= 0.3 is 5.97 Å². The summed E-state index contributed by atoms with van der Waals surface area (Å²) in [4.78, 5) is 55.0. The fourth-order valence-electron chi connectivity index (χ4n) is 6.24. The van der Waals surface area contributed by atoms with Gasteiger partial charge in [0.15, 0.2) is 0 Å². The number of fused-ring (bicyclic) bond motifs is 1. The number of benzene rings is 3. The lowest BCUT2D eigenvalue weighted by Crippen LogP contribution is -2.59. The molecule has 290 valence electrons. The van der Waals surface area contributed by atoms with E-state index in [-0.39, 0.29) is 24.9 Å². The van der Waals surface area contributed by atoms with Crippen LogP contribution in [0.3, 0.4) is 0 Å². The smallest absolute Gasteiger partial charge is 0.329 e. The molecular formula is C43H52N6O6. The number of hydrogen-bond donors (Lipinski definition) is 3. The molecule has 0 aliphatic rings. The van der Waals surface area contributed by atoms with Crippen molar-refractivity contribution < 1.29 is 28.3 Å². The van der Waals surface area contributed by atoms with Crippen LogP contribution in [0.4, 0.5) is 0 Å². The summed E-state index contributed by atoms with van der Waals surface area (Å²) < 4.78 is 13.0. The molecule has 0 saturated heterocycles. The average molecular weight is 749 g/mol. The summed E-state index contributed by atoms with van der Waals surface area (Å²) in [6.07, 6.45) is 4.68. The number of rotatable bonds is 18. The zero-order chi connectivity index (χ0) is 39.5. The molecule has 3 amide bonds. The predicted molar refractivity (Wildman–Crippen MR) is 209 cm³/mol. The average Bonchev–Trinajstić information content (AvgIpc) is 3.83. The fourth-order valence-corrected chi connectivity index (χ4v) is 6.24.